The number of carbonyl (C=O) groups is 1. The average molecular weight is 457 g/mol. The standard InChI is InChI=1S/C22H24N4O3S2/c27-22(25-11-9-24(10-12-25)17-5-2-1-3-6-17)19-15-20(21-7-4-13-30-21)26(23-19)18-8-14-31(28,29)16-18/h1-7,13,15,18H,8-12,14,16H2/t18-/m0/s1. The minimum absolute atomic E-state index is 0.0798. The molecule has 1 aromatic carbocycles. The zero-order chi connectivity index (χ0) is 21.4. The Balaban J connectivity index is 1.37. The van der Waals surface area contributed by atoms with E-state index in [4.69, 9.17) is 0 Å². The Hall–Kier alpha value is -2.65. The number of benzene rings is 1. The van der Waals surface area contributed by atoms with Crippen LogP contribution in [-0.2, 0) is 9.84 Å². The Morgan fingerprint density at radius 2 is 1.81 bits per heavy atom. The van der Waals surface area contributed by atoms with Crippen LogP contribution in [0.4, 0.5) is 5.69 Å². The summed E-state index contributed by atoms with van der Waals surface area (Å²) in [5, 5.41) is 6.59. The van der Waals surface area contributed by atoms with E-state index in [2.05, 4.69) is 22.1 Å². The number of piperazine rings is 1. The van der Waals surface area contributed by atoms with Crippen LogP contribution >= 0.6 is 11.3 Å². The molecule has 2 fully saturated rings. The minimum atomic E-state index is -3.05. The van der Waals surface area contributed by atoms with E-state index in [1.165, 1.54) is 5.69 Å². The van der Waals surface area contributed by atoms with Crippen LogP contribution in [0.25, 0.3) is 10.6 Å². The van der Waals surface area contributed by atoms with Gasteiger partial charge in [-0.05, 0) is 36.1 Å². The maximum absolute atomic E-state index is 13.2. The molecular formula is C22H24N4O3S2. The summed E-state index contributed by atoms with van der Waals surface area (Å²) in [6, 6.07) is 15.7. The lowest BCUT2D eigenvalue weighted by Gasteiger charge is -2.35. The van der Waals surface area contributed by atoms with Gasteiger partial charge in [-0.3, -0.25) is 9.48 Å². The number of thiophene rings is 1. The number of anilines is 1. The summed E-state index contributed by atoms with van der Waals surface area (Å²) in [5.74, 6) is 0.160. The molecule has 2 aliphatic rings. The van der Waals surface area contributed by atoms with Gasteiger partial charge in [0, 0.05) is 31.9 Å². The molecule has 0 saturated carbocycles. The van der Waals surface area contributed by atoms with Crippen molar-refractivity contribution in [3.8, 4) is 10.6 Å². The lowest BCUT2D eigenvalue weighted by molar-refractivity contribution is 0.0739. The third kappa shape index (κ3) is 4.12. The van der Waals surface area contributed by atoms with E-state index < -0.39 is 9.84 Å². The molecule has 0 spiro atoms. The van der Waals surface area contributed by atoms with E-state index in [0.717, 1.165) is 23.7 Å². The van der Waals surface area contributed by atoms with E-state index in [9.17, 15) is 13.2 Å². The third-order valence-corrected chi connectivity index (χ3v) is 8.61. The van der Waals surface area contributed by atoms with Crippen molar-refractivity contribution in [2.24, 2.45) is 0 Å². The highest BCUT2D eigenvalue weighted by Crippen LogP contribution is 2.32. The molecule has 2 saturated heterocycles. The van der Waals surface area contributed by atoms with Crippen LogP contribution in [-0.4, -0.2) is 66.7 Å². The van der Waals surface area contributed by atoms with Gasteiger partial charge in [0.15, 0.2) is 15.5 Å². The van der Waals surface area contributed by atoms with E-state index >= 15 is 0 Å². The zero-order valence-corrected chi connectivity index (χ0v) is 18.7. The summed E-state index contributed by atoms with van der Waals surface area (Å²) in [6.45, 7) is 2.81. The number of carbonyl (C=O) groups excluding carboxylic acids is 1. The molecule has 2 aromatic heterocycles. The van der Waals surface area contributed by atoms with Crippen LogP contribution in [0.2, 0.25) is 0 Å². The monoisotopic (exact) mass is 456 g/mol. The highest BCUT2D eigenvalue weighted by Gasteiger charge is 2.33. The first-order valence-electron chi connectivity index (χ1n) is 10.4. The van der Waals surface area contributed by atoms with E-state index in [1.807, 2.05) is 46.7 Å². The third-order valence-electron chi connectivity index (χ3n) is 5.97. The van der Waals surface area contributed by atoms with Gasteiger partial charge in [0.1, 0.15) is 0 Å². The molecule has 7 nitrogen and oxygen atoms in total. The maximum atomic E-state index is 13.2. The van der Waals surface area contributed by atoms with Crippen molar-refractivity contribution in [3.63, 3.8) is 0 Å². The van der Waals surface area contributed by atoms with Gasteiger partial charge in [0.25, 0.3) is 5.91 Å². The van der Waals surface area contributed by atoms with Gasteiger partial charge in [0.2, 0.25) is 0 Å². The Morgan fingerprint density at radius 1 is 1.03 bits per heavy atom. The molecule has 1 atom stereocenters. The summed E-state index contributed by atoms with van der Waals surface area (Å²) < 4.78 is 25.8. The summed E-state index contributed by atoms with van der Waals surface area (Å²) >= 11 is 1.57. The first-order valence-corrected chi connectivity index (χ1v) is 13.1. The van der Waals surface area contributed by atoms with Crippen molar-refractivity contribution in [1.82, 2.24) is 14.7 Å². The Bertz CT molecular complexity index is 1160. The topological polar surface area (TPSA) is 75.5 Å². The predicted octanol–water partition coefficient (Wildman–Crippen LogP) is 2.93. The van der Waals surface area contributed by atoms with Gasteiger partial charge in [-0.15, -0.1) is 11.3 Å². The van der Waals surface area contributed by atoms with E-state index in [1.54, 1.807) is 16.0 Å². The lowest BCUT2D eigenvalue weighted by Crippen LogP contribution is -2.48. The highest BCUT2D eigenvalue weighted by molar-refractivity contribution is 7.91. The number of para-hydroxylation sites is 1. The minimum Gasteiger partial charge on any atom is -0.368 e. The van der Waals surface area contributed by atoms with Gasteiger partial charge in [-0.1, -0.05) is 24.3 Å². The molecule has 0 aliphatic carbocycles. The fourth-order valence-electron chi connectivity index (χ4n) is 4.32. The number of sulfone groups is 1. The van der Waals surface area contributed by atoms with Crippen LogP contribution in [0.1, 0.15) is 23.0 Å². The van der Waals surface area contributed by atoms with Crippen molar-refractivity contribution >= 4 is 32.8 Å². The zero-order valence-electron chi connectivity index (χ0n) is 17.1. The molecule has 3 aromatic rings. The van der Waals surface area contributed by atoms with Gasteiger partial charge >= 0.3 is 0 Å². The first-order chi connectivity index (χ1) is 15.0. The number of hydrogen-bond acceptors (Lipinski definition) is 6. The number of hydrogen-bond donors (Lipinski definition) is 0. The molecule has 0 bridgehead atoms. The van der Waals surface area contributed by atoms with Crippen molar-refractivity contribution in [2.45, 2.75) is 12.5 Å². The van der Waals surface area contributed by atoms with Crippen molar-refractivity contribution in [2.75, 3.05) is 42.6 Å². The molecule has 5 rings (SSSR count). The fraction of sp³-hybridized carbons (Fsp3) is 0.364. The number of rotatable bonds is 4. The van der Waals surface area contributed by atoms with Crippen LogP contribution in [0, 0.1) is 0 Å². The molecule has 0 unspecified atom stereocenters. The SMILES string of the molecule is O=C(c1cc(-c2cccs2)n([C@H]2CCS(=O)(=O)C2)n1)N1CCN(c2ccccc2)CC1. The molecule has 1 amide bonds. The molecular weight excluding hydrogens is 432 g/mol. The molecule has 162 valence electrons. The molecule has 0 radical (unpaired) electrons. The molecule has 2 aliphatic heterocycles. The number of aromatic nitrogens is 2. The van der Waals surface area contributed by atoms with Gasteiger partial charge in [-0.25, -0.2) is 8.42 Å². The van der Waals surface area contributed by atoms with Gasteiger partial charge < -0.3 is 9.80 Å². The summed E-state index contributed by atoms with van der Waals surface area (Å²) in [4.78, 5) is 18.4. The highest BCUT2D eigenvalue weighted by atomic mass is 32.2. The smallest absolute Gasteiger partial charge is 0.274 e. The van der Waals surface area contributed by atoms with Crippen LogP contribution < -0.4 is 4.90 Å². The normalized spacial score (nSPS) is 20.8. The van der Waals surface area contributed by atoms with Gasteiger partial charge in [0.05, 0.1) is 28.1 Å². The fourth-order valence-corrected chi connectivity index (χ4v) is 6.75. The Kier molecular flexibility index (Phi) is 5.31. The van der Waals surface area contributed by atoms with Crippen LogP contribution in [0.5, 0.6) is 0 Å². The maximum Gasteiger partial charge on any atom is 0.274 e. The molecule has 0 N–H and O–H groups in total. The second kappa shape index (κ2) is 8.12. The average Bonchev–Trinajstić information content (AvgIpc) is 3.53. The quantitative estimate of drug-likeness (QED) is 0.603. The summed E-state index contributed by atoms with van der Waals surface area (Å²) in [6.07, 6.45) is 0.534. The van der Waals surface area contributed by atoms with E-state index in [-0.39, 0.29) is 23.5 Å². The second-order valence-corrected chi connectivity index (χ2v) is 11.2. The number of amides is 1. The Morgan fingerprint density at radius 3 is 2.45 bits per heavy atom. The van der Waals surface area contributed by atoms with Crippen molar-refractivity contribution in [1.29, 1.82) is 0 Å². The Labute approximate surface area is 185 Å². The molecule has 31 heavy (non-hydrogen) atoms. The van der Waals surface area contributed by atoms with Gasteiger partial charge in [-0.2, -0.15) is 5.10 Å². The van der Waals surface area contributed by atoms with Crippen molar-refractivity contribution in [3.05, 3.63) is 59.6 Å². The predicted molar refractivity (Wildman–Crippen MR) is 122 cm³/mol. The molecule has 9 heteroatoms. The largest absolute Gasteiger partial charge is 0.368 e. The first kappa shape index (κ1) is 20.3. The lowest BCUT2D eigenvalue weighted by atomic mass is 10.2. The number of nitrogens with zero attached hydrogens (tertiary/aromatic N) is 4. The summed E-state index contributed by atoms with van der Waals surface area (Å²) in [7, 11) is -3.05. The van der Waals surface area contributed by atoms with Crippen LogP contribution in [0.15, 0.2) is 53.9 Å². The van der Waals surface area contributed by atoms with Crippen molar-refractivity contribution < 1.29 is 13.2 Å². The second-order valence-electron chi connectivity index (χ2n) is 8.01. The van der Waals surface area contributed by atoms with Crippen LogP contribution in [0.3, 0.4) is 0 Å². The molecule has 4 heterocycles. The summed E-state index contributed by atoms with van der Waals surface area (Å²) in [5.41, 5.74) is 2.38. The van der Waals surface area contributed by atoms with E-state index in [0.29, 0.717) is 25.2 Å².